The number of rotatable bonds is 9. The highest BCUT2D eigenvalue weighted by Crippen LogP contribution is 2.10. The van der Waals surface area contributed by atoms with E-state index in [2.05, 4.69) is 20.9 Å². The maximum Gasteiger partial charge on any atom is 0.328 e. The number of nitrogens with one attached hydrogen (secondary N) is 3. The molecule has 0 aliphatic rings. The molecule has 2 rings (SSSR count). The molecule has 10 heteroatoms. The summed E-state index contributed by atoms with van der Waals surface area (Å²) in [6.07, 6.45) is 3.44. The molecule has 1 aromatic heterocycles. The number of carbonyl (C=O) groups excluding carboxylic acids is 3. The van der Waals surface area contributed by atoms with Crippen molar-refractivity contribution in [1.82, 2.24) is 15.6 Å². The van der Waals surface area contributed by atoms with Crippen LogP contribution in [0.4, 0.5) is 5.69 Å². The number of nitrogens with zero attached hydrogens (tertiary/aromatic N) is 1. The number of nitrogens with two attached hydrogens (primary N) is 1. The van der Waals surface area contributed by atoms with E-state index in [0.717, 1.165) is 5.56 Å². The summed E-state index contributed by atoms with van der Waals surface area (Å²) < 4.78 is 5.03. The average molecular weight is 430 g/mol. The summed E-state index contributed by atoms with van der Waals surface area (Å²) in [6.45, 7) is 1.56. The second kappa shape index (κ2) is 11.5. The highest BCUT2D eigenvalue weighted by atomic mass is 32.1. The molecule has 5 N–H and O–H groups in total. The Hall–Kier alpha value is -3.53. The van der Waals surface area contributed by atoms with Gasteiger partial charge in [0.1, 0.15) is 6.04 Å². The Morgan fingerprint density at radius 2 is 2.03 bits per heavy atom. The number of anilines is 1. The van der Waals surface area contributed by atoms with Crippen molar-refractivity contribution in [3.8, 4) is 0 Å². The third-order valence-electron chi connectivity index (χ3n) is 3.87. The molecule has 0 aliphatic carbocycles. The minimum Gasteiger partial charge on any atom is -0.464 e. The van der Waals surface area contributed by atoms with E-state index in [1.54, 1.807) is 55.7 Å². The minimum absolute atomic E-state index is 0.0746. The molecule has 0 fully saturated rings. The summed E-state index contributed by atoms with van der Waals surface area (Å²) >= 11 is 4.77. The fraction of sp³-hybridized carbons (Fsp3) is 0.250. The van der Waals surface area contributed by atoms with Gasteiger partial charge in [0.2, 0.25) is 5.91 Å². The largest absolute Gasteiger partial charge is 0.464 e. The second-order valence-corrected chi connectivity index (χ2v) is 6.63. The summed E-state index contributed by atoms with van der Waals surface area (Å²) in [7, 11) is 0. The zero-order valence-electron chi connectivity index (χ0n) is 16.4. The number of aromatic nitrogens is 1. The number of hydrogen-bond acceptors (Lipinski definition) is 6. The number of hydrogen-bond donors (Lipinski definition) is 4. The van der Waals surface area contributed by atoms with E-state index in [9.17, 15) is 14.4 Å². The fourth-order valence-corrected chi connectivity index (χ4v) is 2.70. The topological polar surface area (TPSA) is 135 Å². The van der Waals surface area contributed by atoms with Crippen molar-refractivity contribution in [2.45, 2.75) is 19.4 Å². The van der Waals surface area contributed by atoms with Gasteiger partial charge in [0.25, 0.3) is 5.91 Å². The summed E-state index contributed by atoms with van der Waals surface area (Å²) in [5, 5.41) is 7.91. The number of benzene rings is 1. The Morgan fingerprint density at radius 3 is 2.70 bits per heavy atom. The van der Waals surface area contributed by atoms with Gasteiger partial charge in [-0.1, -0.05) is 12.1 Å². The predicted octanol–water partition coefficient (Wildman–Crippen LogP) is 0.758. The van der Waals surface area contributed by atoms with Crippen molar-refractivity contribution in [1.29, 1.82) is 0 Å². The van der Waals surface area contributed by atoms with Crippen molar-refractivity contribution >= 4 is 40.8 Å². The van der Waals surface area contributed by atoms with Gasteiger partial charge >= 0.3 is 5.97 Å². The van der Waals surface area contributed by atoms with Crippen molar-refractivity contribution in [3.63, 3.8) is 0 Å². The zero-order valence-corrected chi connectivity index (χ0v) is 17.2. The van der Waals surface area contributed by atoms with E-state index < -0.39 is 23.8 Å². The number of thiocarbonyl (C=S) groups is 1. The number of ether oxygens (including phenoxy) is 1. The first-order chi connectivity index (χ1) is 14.4. The molecule has 0 saturated carbocycles. The molecule has 0 spiro atoms. The normalized spacial score (nSPS) is 11.1. The van der Waals surface area contributed by atoms with Crippen molar-refractivity contribution in [2.24, 2.45) is 5.73 Å². The van der Waals surface area contributed by atoms with Crippen molar-refractivity contribution in [3.05, 3.63) is 59.9 Å². The van der Waals surface area contributed by atoms with E-state index in [4.69, 9.17) is 22.7 Å². The number of pyridine rings is 1. The van der Waals surface area contributed by atoms with Crippen LogP contribution in [0.3, 0.4) is 0 Å². The smallest absolute Gasteiger partial charge is 0.328 e. The van der Waals surface area contributed by atoms with Crippen LogP contribution in [-0.4, -0.2) is 47.1 Å². The van der Waals surface area contributed by atoms with Crippen LogP contribution >= 0.6 is 12.2 Å². The summed E-state index contributed by atoms with van der Waals surface area (Å²) in [4.78, 5) is 40.8. The van der Waals surface area contributed by atoms with Crippen LogP contribution in [0, 0.1) is 0 Å². The highest BCUT2D eigenvalue weighted by Gasteiger charge is 2.23. The molecule has 0 bridgehead atoms. The zero-order chi connectivity index (χ0) is 21.9. The molecule has 1 heterocycles. The first-order valence-corrected chi connectivity index (χ1v) is 9.59. The van der Waals surface area contributed by atoms with Gasteiger partial charge < -0.3 is 26.4 Å². The molecular formula is C20H23N5O4S. The van der Waals surface area contributed by atoms with Gasteiger partial charge in [0, 0.05) is 30.1 Å². The van der Waals surface area contributed by atoms with E-state index in [1.807, 2.05) is 0 Å². The number of esters is 1. The van der Waals surface area contributed by atoms with Gasteiger partial charge in [-0.3, -0.25) is 14.6 Å². The third kappa shape index (κ3) is 7.47. The van der Waals surface area contributed by atoms with Crippen LogP contribution in [0.2, 0.25) is 0 Å². The monoisotopic (exact) mass is 429 g/mol. The van der Waals surface area contributed by atoms with Gasteiger partial charge in [0.15, 0.2) is 5.11 Å². The van der Waals surface area contributed by atoms with Crippen LogP contribution in [0.5, 0.6) is 0 Å². The maximum absolute atomic E-state index is 12.3. The van der Waals surface area contributed by atoms with Crippen LogP contribution in [-0.2, 0) is 20.7 Å². The lowest BCUT2D eigenvalue weighted by molar-refractivity contribution is -0.147. The van der Waals surface area contributed by atoms with Gasteiger partial charge in [0.05, 0.1) is 13.2 Å². The van der Waals surface area contributed by atoms with Crippen LogP contribution in [0.25, 0.3) is 0 Å². The van der Waals surface area contributed by atoms with Crippen LogP contribution in [0.15, 0.2) is 48.8 Å². The SMILES string of the molecule is CCOC(=O)C(Cc1cccnc1)NC(=O)CNC(=O)c1cccc(NC(N)=S)c1. The Bertz CT molecular complexity index is 907. The molecule has 1 unspecified atom stereocenters. The van der Waals surface area contributed by atoms with Gasteiger partial charge in [-0.15, -0.1) is 0 Å². The Balaban J connectivity index is 1.95. The Labute approximate surface area is 179 Å². The first kappa shape index (κ1) is 22.8. The van der Waals surface area contributed by atoms with E-state index in [0.29, 0.717) is 11.3 Å². The minimum atomic E-state index is -0.892. The quantitative estimate of drug-likeness (QED) is 0.339. The molecule has 0 radical (unpaired) electrons. The molecular weight excluding hydrogens is 406 g/mol. The lowest BCUT2D eigenvalue weighted by Crippen LogP contribution is -2.47. The molecule has 1 aromatic carbocycles. The molecule has 0 saturated heterocycles. The molecule has 9 nitrogen and oxygen atoms in total. The first-order valence-electron chi connectivity index (χ1n) is 9.18. The lowest BCUT2D eigenvalue weighted by Gasteiger charge is -2.17. The number of amides is 2. The standard InChI is InChI=1S/C20H23N5O4S/c1-2-29-19(28)16(9-13-5-4-8-22-11-13)25-17(26)12-23-18(27)14-6-3-7-15(10-14)24-20(21)30/h3-8,10-11,16H,2,9,12H2,1H3,(H,23,27)(H,25,26)(H3,21,24,30). The Kier molecular flexibility index (Phi) is 8.70. The molecule has 0 aliphatic heterocycles. The maximum atomic E-state index is 12.3. The third-order valence-corrected chi connectivity index (χ3v) is 3.97. The van der Waals surface area contributed by atoms with Gasteiger partial charge in [-0.25, -0.2) is 4.79 Å². The van der Waals surface area contributed by atoms with Crippen LogP contribution in [0.1, 0.15) is 22.8 Å². The number of carbonyl (C=O) groups is 3. The lowest BCUT2D eigenvalue weighted by atomic mass is 10.1. The summed E-state index contributed by atoms with van der Waals surface area (Å²) in [5.41, 5.74) is 7.06. The Morgan fingerprint density at radius 1 is 1.23 bits per heavy atom. The molecule has 2 aromatic rings. The van der Waals surface area contributed by atoms with E-state index >= 15 is 0 Å². The average Bonchev–Trinajstić information content (AvgIpc) is 2.72. The fourth-order valence-electron chi connectivity index (χ4n) is 2.58. The molecule has 158 valence electrons. The second-order valence-electron chi connectivity index (χ2n) is 6.19. The van der Waals surface area contributed by atoms with Crippen LogP contribution < -0.4 is 21.7 Å². The van der Waals surface area contributed by atoms with Crippen molar-refractivity contribution in [2.75, 3.05) is 18.5 Å². The molecule has 30 heavy (non-hydrogen) atoms. The van der Waals surface area contributed by atoms with Gasteiger partial charge in [-0.2, -0.15) is 0 Å². The van der Waals surface area contributed by atoms with Gasteiger partial charge in [-0.05, 0) is 49.0 Å². The van der Waals surface area contributed by atoms with Crippen molar-refractivity contribution < 1.29 is 19.1 Å². The summed E-state index contributed by atoms with van der Waals surface area (Å²) in [5.74, 6) is -1.54. The molecule has 2 amide bonds. The summed E-state index contributed by atoms with van der Waals surface area (Å²) in [6, 6.07) is 9.13. The van der Waals surface area contributed by atoms with E-state index in [1.165, 1.54) is 0 Å². The highest BCUT2D eigenvalue weighted by molar-refractivity contribution is 7.80. The predicted molar refractivity (Wildman–Crippen MR) is 116 cm³/mol. The van der Waals surface area contributed by atoms with E-state index in [-0.39, 0.29) is 24.7 Å². The molecule has 1 atom stereocenters.